The summed E-state index contributed by atoms with van der Waals surface area (Å²) in [4.78, 5) is 29.6. The number of benzene rings is 1. The number of carbonyl (C=O) groups is 2. The normalized spacial score (nSPS) is 16.0. The van der Waals surface area contributed by atoms with E-state index in [1.807, 2.05) is 18.2 Å². The molecule has 0 bridgehead atoms. The molecular weight excluding hydrogens is 321 g/mol. The van der Waals surface area contributed by atoms with Crippen LogP contribution in [0.5, 0.6) is 0 Å². The summed E-state index contributed by atoms with van der Waals surface area (Å²) in [5, 5.41) is 9.82. The third-order valence-electron chi connectivity index (χ3n) is 4.66. The SMILES string of the molecule is NC(=O)c1cc2c(cn1)C(=O)N(Cc1ccc3c(c1)B(O)OC3)CC2. The van der Waals surface area contributed by atoms with Crippen LogP contribution in [-0.2, 0) is 24.2 Å². The molecule has 0 saturated carbocycles. The topological polar surface area (TPSA) is 106 Å². The zero-order valence-electron chi connectivity index (χ0n) is 13.4. The molecule has 2 aliphatic heterocycles. The van der Waals surface area contributed by atoms with Gasteiger partial charge in [-0.2, -0.15) is 0 Å². The quantitative estimate of drug-likeness (QED) is 0.741. The first kappa shape index (κ1) is 15.8. The fourth-order valence-electron chi connectivity index (χ4n) is 3.29. The second-order valence-electron chi connectivity index (χ2n) is 6.26. The van der Waals surface area contributed by atoms with Crippen molar-refractivity contribution in [3.8, 4) is 0 Å². The van der Waals surface area contributed by atoms with Crippen LogP contribution >= 0.6 is 0 Å². The van der Waals surface area contributed by atoms with Crippen LogP contribution in [0.15, 0.2) is 30.5 Å². The summed E-state index contributed by atoms with van der Waals surface area (Å²) in [6, 6.07) is 7.33. The Morgan fingerprint density at radius 3 is 3.00 bits per heavy atom. The highest BCUT2D eigenvalue weighted by Gasteiger charge is 2.29. The molecule has 0 unspecified atom stereocenters. The Morgan fingerprint density at radius 1 is 1.36 bits per heavy atom. The number of pyridine rings is 1. The van der Waals surface area contributed by atoms with E-state index >= 15 is 0 Å². The Bertz CT molecular complexity index is 886. The molecule has 7 nitrogen and oxygen atoms in total. The molecule has 0 radical (unpaired) electrons. The van der Waals surface area contributed by atoms with Gasteiger partial charge in [0, 0.05) is 19.3 Å². The van der Waals surface area contributed by atoms with Crippen molar-refractivity contribution in [2.24, 2.45) is 5.73 Å². The van der Waals surface area contributed by atoms with E-state index in [0.29, 0.717) is 31.7 Å². The molecule has 2 amide bonds. The van der Waals surface area contributed by atoms with Crippen LogP contribution in [0.25, 0.3) is 0 Å². The van der Waals surface area contributed by atoms with Gasteiger partial charge in [0.1, 0.15) is 5.69 Å². The number of hydrogen-bond donors (Lipinski definition) is 2. The van der Waals surface area contributed by atoms with E-state index in [2.05, 4.69) is 4.98 Å². The van der Waals surface area contributed by atoms with Gasteiger partial charge >= 0.3 is 7.12 Å². The highest BCUT2D eigenvalue weighted by atomic mass is 16.5. The minimum atomic E-state index is -0.899. The van der Waals surface area contributed by atoms with Crippen molar-refractivity contribution in [1.29, 1.82) is 0 Å². The number of aromatic nitrogens is 1. The Kier molecular flexibility index (Phi) is 3.78. The molecule has 25 heavy (non-hydrogen) atoms. The van der Waals surface area contributed by atoms with E-state index in [9.17, 15) is 14.6 Å². The molecule has 126 valence electrons. The summed E-state index contributed by atoms with van der Waals surface area (Å²) in [5.74, 6) is -0.723. The Hall–Kier alpha value is -2.71. The zero-order valence-corrected chi connectivity index (χ0v) is 13.4. The number of primary amides is 1. The van der Waals surface area contributed by atoms with Gasteiger partial charge in [-0.15, -0.1) is 0 Å². The first-order valence-corrected chi connectivity index (χ1v) is 8.02. The number of nitrogens with two attached hydrogens (primary N) is 1. The third kappa shape index (κ3) is 2.79. The van der Waals surface area contributed by atoms with Crippen molar-refractivity contribution in [3.05, 3.63) is 58.4 Å². The summed E-state index contributed by atoms with van der Waals surface area (Å²) >= 11 is 0. The second-order valence-corrected chi connectivity index (χ2v) is 6.26. The fraction of sp³-hybridized carbons (Fsp3) is 0.235. The van der Waals surface area contributed by atoms with Gasteiger partial charge in [-0.05, 0) is 34.6 Å². The average Bonchev–Trinajstić information content (AvgIpc) is 2.98. The summed E-state index contributed by atoms with van der Waals surface area (Å²) in [5.41, 5.74) is 9.37. The standard InChI is InChI=1S/C17H16BN3O4/c19-16(22)15-6-11-3-4-21(17(23)13(11)7-20-15)8-10-1-2-12-9-25-18(24)14(12)5-10/h1-2,5-7,24H,3-4,8-9H2,(H2,19,22). The monoisotopic (exact) mass is 337 g/mol. The Balaban J connectivity index is 1.56. The first-order chi connectivity index (χ1) is 12.0. The van der Waals surface area contributed by atoms with Gasteiger partial charge in [0.15, 0.2) is 0 Å². The lowest BCUT2D eigenvalue weighted by molar-refractivity contribution is 0.0725. The molecule has 0 aliphatic carbocycles. The third-order valence-corrected chi connectivity index (χ3v) is 4.66. The predicted octanol–water partition coefficient (Wildman–Crippen LogP) is -0.403. The van der Waals surface area contributed by atoms with Crippen LogP contribution in [-0.4, -0.2) is 40.4 Å². The summed E-state index contributed by atoms with van der Waals surface area (Å²) in [6.45, 7) is 1.39. The number of rotatable bonds is 3. The Labute approximate surface area is 144 Å². The van der Waals surface area contributed by atoms with E-state index < -0.39 is 13.0 Å². The molecule has 4 rings (SSSR count). The first-order valence-electron chi connectivity index (χ1n) is 8.02. The van der Waals surface area contributed by atoms with Gasteiger partial charge in [0.05, 0.1) is 12.2 Å². The molecule has 1 aromatic heterocycles. The summed E-state index contributed by atoms with van der Waals surface area (Å²) < 4.78 is 5.20. The molecule has 2 aliphatic rings. The number of hydrogen-bond acceptors (Lipinski definition) is 5. The van der Waals surface area contributed by atoms with Crippen LogP contribution in [0.4, 0.5) is 0 Å². The smallest absolute Gasteiger partial charge is 0.423 e. The second kappa shape index (κ2) is 5.98. The fourth-order valence-corrected chi connectivity index (χ4v) is 3.29. The highest BCUT2D eigenvalue weighted by molar-refractivity contribution is 6.61. The lowest BCUT2D eigenvalue weighted by atomic mass is 9.79. The maximum absolute atomic E-state index is 12.7. The van der Waals surface area contributed by atoms with Gasteiger partial charge in [-0.3, -0.25) is 14.6 Å². The number of amides is 2. The maximum Gasteiger partial charge on any atom is 0.491 e. The van der Waals surface area contributed by atoms with Crippen molar-refractivity contribution in [1.82, 2.24) is 9.88 Å². The van der Waals surface area contributed by atoms with Gasteiger partial charge in [0.2, 0.25) is 0 Å². The number of carbonyl (C=O) groups excluding carboxylic acids is 2. The van der Waals surface area contributed by atoms with Crippen LogP contribution in [0.1, 0.15) is 37.5 Å². The van der Waals surface area contributed by atoms with Crippen LogP contribution in [0, 0.1) is 0 Å². The lowest BCUT2D eigenvalue weighted by Gasteiger charge is -2.28. The van der Waals surface area contributed by atoms with Gasteiger partial charge in [-0.25, -0.2) is 0 Å². The van der Waals surface area contributed by atoms with E-state index in [1.54, 1.807) is 11.0 Å². The minimum Gasteiger partial charge on any atom is -0.423 e. The van der Waals surface area contributed by atoms with Crippen molar-refractivity contribution < 1.29 is 19.3 Å². The highest BCUT2D eigenvalue weighted by Crippen LogP contribution is 2.21. The van der Waals surface area contributed by atoms with E-state index in [-0.39, 0.29) is 11.6 Å². The number of fused-ring (bicyclic) bond motifs is 2. The predicted molar refractivity (Wildman–Crippen MR) is 90.0 cm³/mol. The molecule has 2 aromatic rings. The van der Waals surface area contributed by atoms with Gasteiger partial charge in [-0.1, -0.05) is 18.2 Å². The summed E-state index contributed by atoms with van der Waals surface area (Å²) in [6.07, 6.45) is 2.06. The van der Waals surface area contributed by atoms with Crippen molar-refractivity contribution in [2.75, 3.05) is 6.54 Å². The van der Waals surface area contributed by atoms with Crippen molar-refractivity contribution >= 4 is 24.4 Å². The Morgan fingerprint density at radius 2 is 2.20 bits per heavy atom. The molecule has 0 atom stereocenters. The van der Waals surface area contributed by atoms with Gasteiger partial charge < -0.3 is 20.3 Å². The summed E-state index contributed by atoms with van der Waals surface area (Å²) in [7, 11) is -0.899. The van der Waals surface area contributed by atoms with Crippen LogP contribution in [0.3, 0.4) is 0 Å². The largest absolute Gasteiger partial charge is 0.491 e. The zero-order chi connectivity index (χ0) is 17.6. The molecule has 1 aromatic carbocycles. The minimum absolute atomic E-state index is 0.123. The molecule has 3 heterocycles. The molecule has 0 saturated heterocycles. The van der Waals surface area contributed by atoms with Crippen LogP contribution in [0.2, 0.25) is 0 Å². The molecule has 0 spiro atoms. The molecule has 0 fully saturated rings. The maximum atomic E-state index is 12.7. The molecular formula is C17H16BN3O4. The lowest BCUT2D eigenvalue weighted by Crippen LogP contribution is -2.38. The van der Waals surface area contributed by atoms with E-state index in [1.165, 1.54) is 6.20 Å². The van der Waals surface area contributed by atoms with E-state index in [0.717, 1.165) is 22.2 Å². The molecule has 8 heteroatoms. The van der Waals surface area contributed by atoms with Gasteiger partial charge in [0.25, 0.3) is 11.8 Å². The van der Waals surface area contributed by atoms with Crippen molar-refractivity contribution in [2.45, 2.75) is 19.6 Å². The molecule has 3 N–H and O–H groups in total. The van der Waals surface area contributed by atoms with Crippen molar-refractivity contribution in [3.63, 3.8) is 0 Å². The van der Waals surface area contributed by atoms with E-state index in [4.69, 9.17) is 10.4 Å². The van der Waals surface area contributed by atoms with Crippen LogP contribution < -0.4 is 11.2 Å². The number of nitrogens with zero attached hydrogens (tertiary/aromatic N) is 2. The average molecular weight is 337 g/mol.